The van der Waals surface area contributed by atoms with Crippen molar-refractivity contribution in [3.63, 3.8) is 0 Å². The van der Waals surface area contributed by atoms with E-state index in [0.29, 0.717) is 6.42 Å². The summed E-state index contributed by atoms with van der Waals surface area (Å²) >= 11 is 0. The molecular weight excluding hydrogens is 569 g/mol. The van der Waals surface area contributed by atoms with Crippen LogP contribution in [0.15, 0.2) is 176 Å². The van der Waals surface area contributed by atoms with E-state index in [4.69, 9.17) is 10.7 Å². The molecule has 0 saturated carbocycles. The van der Waals surface area contributed by atoms with Crippen LogP contribution in [0, 0.1) is 0 Å². The Bertz CT molecular complexity index is 2170. The monoisotopic (exact) mass is 602 g/mol. The van der Waals surface area contributed by atoms with E-state index in [9.17, 15) is 0 Å². The van der Waals surface area contributed by atoms with Crippen molar-refractivity contribution in [3.8, 4) is 33.5 Å². The fraction of sp³-hybridized carbons (Fsp3) is 0.0444. The molecule has 7 aromatic rings. The summed E-state index contributed by atoms with van der Waals surface area (Å²) in [5.74, 6) is 0. The van der Waals surface area contributed by atoms with Crippen LogP contribution in [0.5, 0.6) is 0 Å². The minimum absolute atomic E-state index is 0.411. The molecule has 0 atom stereocenters. The molecule has 8 rings (SSSR count). The number of nitrogens with zero attached hydrogens (tertiary/aromatic N) is 1. The molecule has 0 radical (unpaired) electrons. The van der Waals surface area contributed by atoms with Gasteiger partial charge in [0.15, 0.2) is 0 Å². The van der Waals surface area contributed by atoms with Gasteiger partial charge in [-0.15, -0.1) is 0 Å². The average Bonchev–Trinajstić information content (AvgIpc) is 3.44. The normalized spacial score (nSPS) is 12.9. The summed E-state index contributed by atoms with van der Waals surface area (Å²) in [7, 11) is 0. The second-order valence-electron chi connectivity index (χ2n) is 12.1. The average molecular weight is 603 g/mol. The van der Waals surface area contributed by atoms with Gasteiger partial charge in [-0.1, -0.05) is 158 Å². The highest BCUT2D eigenvalue weighted by Crippen LogP contribution is 2.56. The van der Waals surface area contributed by atoms with Gasteiger partial charge in [-0.3, -0.25) is 4.98 Å². The molecule has 2 nitrogen and oxygen atoms in total. The highest BCUT2D eigenvalue weighted by atomic mass is 14.7. The van der Waals surface area contributed by atoms with Gasteiger partial charge in [-0.25, -0.2) is 0 Å². The second-order valence-corrected chi connectivity index (χ2v) is 12.1. The van der Waals surface area contributed by atoms with Crippen molar-refractivity contribution in [2.24, 2.45) is 5.73 Å². The lowest BCUT2D eigenvalue weighted by Gasteiger charge is -2.34. The lowest BCUT2D eigenvalue weighted by molar-refractivity contribution is 0.768. The third-order valence-electron chi connectivity index (χ3n) is 9.46. The molecule has 1 heterocycles. The van der Waals surface area contributed by atoms with Crippen molar-refractivity contribution >= 4 is 6.08 Å². The Kier molecular flexibility index (Phi) is 7.32. The third kappa shape index (κ3) is 4.95. The van der Waals surface area contributed by atoms with Gasteiger partial charge < -0.3 is 5.73 Å². The number of aromatic nitrogens is 1. The zero-order chi connectivity index (χ0) is 31.6. The molecule has 0 amide bonds. The second kappa shape index (κ2) is 12.1. The molecule has 1 aliphatic carbocycles. The molecule has 1 aliphatic rings. The first kappa shape index (κ1) is 28.5. The maximum Gasteiger partial charge on any atom is 0.0713 e. The SMILES string of the molecule is N/C=C\c1ccccc1Cc1cc(-c2ccc(C3(c4ccccc4)c4ccccc4-c4ccccc43)cc2)cc(-c2ccccc2)n1. The summed E-state index contributed by atoms with van der Waals surface area (Å²) in [5, 5.41) is 0. The molecule has 0 unspecified atom stereocenters. The Hall–Kier alpha value is -5.99. The first-order chi connectivity index (χ1) is 23.3. The molecule has 0 fully saturated rings. The van der Waals surface area contributed by atoms with Crippen molar-refractivity contribution in [2.45, 2.75) is 11.8 Å². The van der Waals surface area contributed by atoms with Crippen LogP contribution in [0.3, 0.4) is 0 Å². The summed E-state index contributed by atoms with van der Waals surface area (Å²) in [4.78, 5) is 5.15. The number of hydrogen-bond donors (Lipinski definition) is 1. The van der Waals surface area contributed by atoms with Crippen molar-refractivity contribution in [2.75, 3.05) is 0 Å². The molecular formula is C45H34N2. The molecule has 0 aliphatic heterocycles. The van der Waals surface area contributed by atoms with Gasteiger partial charge in [-0.2, -0.15) is 0 Å². The number of hydrogen-bond acceptors (Lipinski definition) is 2. The smallest absolute Gasteiger partial charge is 0.0713 e. The first-order valence-corrected chi connectivity index (χ1v) is 16.1. The predicted octanol–water partition coefficient (Wildman–Crippen LogP) is 10.3. The fourth-order valence-electron chi connectivity index (χ4n) is 7.38. The van der Waals surface area contributed by atoms with Crippen LogP contribution in [0.2, 0.25) is 0 Å². The van der Waals surface area contributed by atoms with Crippen LogP contribution in [0.25, 0.3) is 39.6 Å². The standard InChI is InChI=1S/C45H34N2/c46-28-27-32-13-7-8-16-35(32)29-39-30-36(31-44(47-39)34-14-3-1-4-15-34)33-23-25-38(26-24-33)45(37-17-5-2-6-18-37)42-21-11-9-19-40(42)41-20-10-12-22-43(41)45/h1-28,30-31H,29,46H2/b28-27-. The Morgan fingerprint density at radius 2 is 1.09 bits per heavy atom. The van der Waals surface area contributed by atoms with Gasteiger partial charge in [0.25, 0.3) is 0 Å². The van der Waals surface area contributed by atoms with E-state index in [-0.39, 0.29) is 0 Å². The Morgan fingerprint density at radius 1 is 0.511 bits per heavy atom. The first-order valence-electron chi connectivity index (χ1n) is 16.1. The maximum atomic E-state index is 5.78. The predicted molar refractivity (Wildman–Crippen MR) is 195 cm³/mol. The topological polar surface area (TPSA) is 38.9 Å². The number of pyridine rings is 1. The van der Waals surface area contributed by atoms with Crippen LogP contribution < -0.4 is 5.73 Å². The number of benzene rings is 6. The summed E-state index contributed by atoms with van der Waals surface area (Å²) < 4.78 is 0. The van der Waals surface area contributed by atoms with E-state index in [1.807, 2.05) is 18.2 Å². The van der Waals surface area contributed by atoms with E-state index in [1.54, 1.807) is 6.20 Å². The maximum absolute atomic E-state index is 5.78. The summed E-state index contributed by atoms with van der Waals surface area (Å²) in [6, 6.07) is 61.2. The van der Waals surface area contributed by atoms with E-state index in [2.05, 4.69) is 158 Å². The van der Waals surface area contributed by atoms with Crippen LogP contribution in [0.1, 0.15) is 39.1 Å². The van der Waals surface area contributed by atoms with Crippen molar-refractivity contribution in [1.29, 1.82) is 0 Å². The lowest BCUT2D eigenvalue weighted by Crippen LogP contribution is -2.28. The van der Waals surface area contributed by atoms with Gasteiger partial charge in [0.2, 0.25) is 0 Å². The molecule has 2 heteroatoms. The number of nitrogens with two attached hydrogens (primary N) is 1. The van der Waals surface area contributed by atoms with Crippen molar-refractivity contribution in [1.82, 2.24) is 4.98 Å². The molecule has 224 valence electrons. The lowest BCUT2D eigenvalue weighted by atomic mass is 9.67. The molecule has 47 heavy (non-hydrogen) atoms. The largest absolute Gasteiger partial charge is 0.405 e. The van der Waals surface area contributed by atoms with Gasteiger partial charge >= 0.3 is 0 Å². The van der Waals surface area contributed by atoms with Crippen molar-refractivity contribution in [3.05, 3.63) is 215 Å². The summed E-state index contributed by atoms with van der Waals surface area (Å²) in [6.07, 6.45) is 4.26. The number of fused-ring (bicyclic) bond motifs is 3. The van der Waals surface area contributed by atoms with E-state index < -0.39 is 5.41 Å². The number of rotatable bonds is 7. The highest BCUT2D eigenvalue weighted by molar-refractivity contribution is 5.86. The van der Waals surface area contributed by atoms with Crippen LogP contribution >= 0.6 is 0 Å². The Labute approximate surface area is 276 Å². The molecule has 0 saturated heterocycles. The van der Waals surface area contributed by atoms with Gasteiger partial charge in [0, 0.05) is 17.7 Å². The zero-order valence-electron chi connectivity index (χ0n) is 26.1. The van der Waals surface area contributed by atoms with Crippen LogP contribution in [0.4, 0.5) is 0 Å². The van der Waals surface area contributed by atoms with Crippen LogP contribution in [-0.4, -0.2) is 4.98 Å². The van der Waals surface area contributed by atoms with E-state index >= 15 is 0 Å². The summed E-state index contributed by atoms with van der Waals surface area (Å²) in [6.45, 7) is 0. The molecule has 6 aromatic carbocycles. The summed E-state index contributed by atoms with van der Waals surface area (Å²) in [5.41, 5.74) is 20.8. The fourth-order valence-corrected chi connectivity index (χ4v) is 7.38. The highest BCUT2D eigenvalue weighted by Gasteiger charge is 2.45. The van der Waals surface area contributed by atoms with Crippen molar-refractivity contribution < 1.29 is 0 Å². The van der Waals surface area contributed by atoms with Gasteiger partial charge in [0.1, 0.15) is 0 Å². The molecule has 1 aromatic heterocycles. The third-order valence-corrected chi connectivity index (χ3v) is 9.46. The minimum atomic E-state index is -0.411. The zero-order valence-corrected chi connectivity index (χ0v) is 26.1. The molecule has 0 spiro atoms. The Morgan fingerprint density at radius 3 is 1.77 bits per heavy atom. The quantitative estimate of drug-likeness (QED) is 0.197. The van der Waals surface area contributed by atoms with Gasteiger partial charge in [-0.05, 0) is 80.0 Å². The molecule has 0 bridgehead atoms. The molecule has 2 N–H and O–H groups in total. The Balaban J connectivity index is 1.27. The van der Waals surface area contributed by atoms with Crippen LogP contribution in [-0.2, 0) is 11.8 Å². The minimum Gasteiger partial charge on any atom is -0.405 e. The van der Waals surface area contributed by atoms with E-state index in [0.717, 1.165) is 33.6 Å². The van der Waals surface area contributed by atoms with Gasteiger partial charge in [0.05, 0.1) is 11.1 Å². The van der Waals surface area contributed by atoms with E-state index in [1.165, 1.54) is 38.9 Å².